The summed E-state index contributed by atoms with van der Waals surface area (Å²) in [5, 5.41) is 23.0. The molecule has 8 heteroatoms. The fourth-order valence-corrected chi connectivity index (χ4v) is 3.61. The number of nitrogens with one attached hydrogen (secondary N) is 1. The number of anilines is 1. The second-order valence-corrected chi connectivity index (χ2v) is 7.29. The van der Waals surface area contributed by atoms with Crippen LogP contribution < -0.4 is 10.7 Å². The van der Waals surface area contributed by atoms with Crippen molar-refractivity contribution in [3.63, 3.8) is 0 Å². The maximum atomic E-state index is 12.1. The van der Waals surface area contributed by atoms with Crippen molar-refractivity contribution in [2.24, 2.45) is 0 Å². The van der Waals surface area contributed by atoms with E-state index >= 15 is 0 Å². The highest BCUT2D eigenvalue weighted by molar-refractivity contribution is 14.1. The third-order valence-corrected chi connectivity index (χ3v) is 5.31. The third kappa shape index (κ3) is 3.50. The lowest BCUT2D eigenvalue weighted by molar-refractivity contribution is -0.113. The minimum absolute atomic E-state index is 0.0191. The van der Waals surface area contributed by atoms with Gasteiger partial charge in [0.1, 0.15) is 17.1 Å². The first-order chi connectivity index (χ1) is 14.4. The smallest absolute Gasteiger partial charge is 0.336 e. The quantitative estimate of drug-likeness (QED) is 0.212. The predicted molar refractivity (Wildman–Crippen MR) is 121 cm³/mol. The second kappa shape index (κ2) is 7.79. The highest BCUT2D eigenvalue weighted by atomic mass is 127. The predicted octanol–water partition coefficient (Wildman–Crippen LogP) is 4.34. The molecule has 150 valence electrons. The number of halogens is 1. The van der Waals surface area contributed by atoms with E-state index in [-0.39, 0.29) is 38.4 Å². The molecule has 0 aromatic heterocycles. The van der Waals surface area contributed by atoms with Gasteiger partial charge in [0, 0.05) is 39.9 Å². The molecule has 2 aliphatic rings. The lowest BCUT2D eigenvalue weighted by Crippen LogP contribution is -2.14. The van der Waals surface area contributed by atoms with Gasteiger partial charge in [-0.3, -0.25) is 9.59 Å². The van der Waals surface area contributed by atoms with Crippen LogP contribution in [0.2, 0.25) is 0 Å². The number of fused-ring (bicyclic) bond motifs is 2. The SMILES string of the molecule is O=C(CI)Nc1cccc(C(=O)O)c1-c1c2ccc(=O)cc-2oc2cc(O)ccc12. The van der Waals surface area contributed by atoms with Gasteiger partial charge in [-0.25, -0.2) is 4.79 Å². The molecule has 1 aliphatic carbocycles. The lowest BCUT2D eigenvalue weighted by Gasteiger charge is -2.19. The Morgan fingerprint density at radius 1 is 1.03 bits per heavy atom. The number of carboxylic acid groups (broad SMARTS) is 1. The number of rotatable bonds is 4. The number of benzene rings is 3. The van der Waals surface area contributed by atoms with E-state index in [9.17, 15) is 24.6 Å². The summed E-state index contributed by atoms with van der Waals surface area (Å²) in [5.74, 6) is -1.26. The molecule has 2 aromatic rings. The van der Waals surface area contributed by atoms with Crippen molar-refractivity contribution in [1.29, 1.82) is 0 Å². The molecule has 1 amide bonds. The van der Waals surface area contributed by atoms with E-state index in [0.29, 0.717) is 27.8 Å². The summed E-state index contributed by atoms with van der Waals surface area (Å²) >= 11 is 1.92. The van der Waals surface area contributed by atoms with Gasteiger partial charge in [-0.05, 0) is 36.4 Å². The van der Waals surface area contributed by atoms with Crippen molar-refractivity contribution in [2.45, 2.75) is 0 Å². The second-order valence-electron chi connectivity index (χ2n) is 6.53. The molecule has 1 heterocycles. The number of phenolic OH excluding ortho intramolecular Hbond substituents is 1. The van der Waals surface area contributed by atoms with Crippen molar-refractivity contribution < 1.29 is 24.2 Å². The Morgan fingerprint density at radius 2 is 1.83 bits per heavy atom. The highest BCUT2D eigenvalue weighted by Crippen LogP contribution is 2.44. The van der Waals surface area contributed by atoms with E-state index < -0.39 is 5.97 Å². The third-order valence-electron chi connectivity index (χ3n) is 4.62. The molecule has 1 aliphatic heterocycles. The molecule has 3 N–H and O–H groups in total. The zero-order chi connectivity index (χ0) is 21.4. The van der Waals surface area contributed by atoms with Gasteiger partial charge in [-0.15, -0.1) is 0 Å². The van der Waals surface area contributed by atoms with E-state index in [1.54, 1.807) is 24.3 Å². The van der Waals surface area contributed by atoms with Gasteiger partial charge in [-0.2, -0.15) is 0 Å². The fraction of sp³-hybridized carbons (Fsp3) is 0.0455. The number of alkyl halides is 1. The Labute approximate surface area is 183 Å². The highest BCUT2D eigenvalue weighted by Gasteiger charge is 2.24. The van der Waals surface area contributed by atoms with Crippen LogP contribution in [0, 0.1) is 0 Å². The molecular weight excluding hydrogens is 501 g/mol. The van der Waals surface area contributed by atoms with Crippen molar-refractivity contribution in [3.05, 3.63) is 70.4 Å². The Balaban J connectivity index is 2.19. The molecule has 2 aromatic carbocycles. The maximum absolute atomic E-state index is 12.1. The van der Waals surface area contributed by atoms with Crippen LogP contribution >= 0.6 is 22.6 Å². The molecular formula is C22H14INO6. The van der Waals surface area contributed by atoms with Gasteiger partial charge in [0.05, 0.1) is 9.99 Å². The van der Waals surface area contributed by atoms with Crippen LogP contribution in [0.4, 0.5) is 5.69 Å². The standard InChI is InChI=1S/C22H14INO6/c23-10-19(27)24-16-3-1-2-15(22(28)29)21(16)20-13-6-4-11(25)8-17(13)30-18-9-12(26)5-7-14(18)20/h1-9,25H,10H2,(H,24,27)(H,28,29). The fourth-order valence-electron chi connectivity index (χ4n) is 3.42. The van der Waals surface area contributed by atoms with Gasteiger partial charge >= 0.3 is 5.97 Å². The molecule has 0 unspecified atom stereocenters. The summed E-state index contributed by atoms with van der Waals surface area (Å²) in [6, 6.07) is 13.3. The Bertz CT molecular complexity index is 1340. The molecule has 30 heavy (non-hydrogen) atoms. The van der Waals surface area contributed by atoms with E-state index in [1.165, 1.54) is 30.3 Å². The summed E-state index contributed by atoms with van der Waals surface area (Å²) in [5.41, 5.74) is 1.58. The molecule has 4 rings (SSSR count). The number of hydrogen-bond donors (Lipinski definition) is 3. The summed E-state index contributed by atoms with van der Waals surface area (Å²) in [6.07, 6.45) is 0. The van der Waals surface area contributed by atoms with Gasteiger partial charge in [0.25, 0.3) is 0 Å². The van der Waals surface area contributed by atoms with Crippen LogP contribution in [0.5, 0.6) is 5.75 Å². The number of phenols is 1. The summed E-state index contributed by atoms with van der Waals surface area (Å²) < 4.78 is 6.00. The number of aromatic hydroxyl groups is 1. The average molecular weight is 515 g/mol. The number of carbonyl (C=O) groups excluding carboxylic acids is 1. The molecule has 0 radical (unpaired) electrons. The number of hydrogen-bond acceptors (Lipinski definition) is 5. The maximum Gasteiger partial charge on any atom is 0.336 e. The van der Waals surface area contributed by atoms with Gasteiger partial charge < -0.3 is 19.9 Å². The largest absolute Gasteiger partial charge is 0.508 e. The number of carbonyl (C=O) groups is 2. The molecule has 0 atom stereocenters. The Morgan fingerprint density at radius 3 is 2.57 bits per heavy atom. The molecule has 0 bridgehead atoms. The van der Waals surface area contributed by atoms with Crippen molar-refractivity contribution in [3.8, 4) is 28.2 Å². The lowest BCUT2D eigenvalue weighted by atomic mass is 9.89. The molecule has 0 fully saturated rings. The Hall–Kier alpha value is -3.40. The number of amides is 1. The van der Waals surface area contributed by atoms with Gasteiger partial charge in [-0.1, -0.05) is 28.7 Å². The first kappa shape index (κ1) is 19.9. The van der Waals surface area contributed by atoms with E-state index in [0.717, 1.165) is 0 Å². The minimum atomic E-state index is -1.17. The number of aromatic carboxylic acids is 1. The molecule has 0 saturated heterocycles. The van der Waals surface area contributed by atoms with Gasteiger partial charge in [0.15, 0.2) is 5.43 Å². The van der Waals surface area contributed by atoms with Crippen LogP contribution in [-0.4, -0.2) is 26.5 Å². The van der Waals surface area contributed by atoms with Crippen molar-refractivity contribution in [1.82, 2.24) is 0 Å². The first-order valence-corrected chi connectivity index (χ1v) is 10.3. The van der Waals surface area contributed by atoms with E-state index in [2.05, 4.69) is 5.32 Å². The first-order valence-electron chi connectivity index (χ1n) is 8.81. The monoisotopic (exact) mass is 515 g/mol. The van der Waals surface area contributed by atoms with Crippen LogP contribution in [0.15, 0.2) is 63.8 Å². The average Bonchev–Trinajstić information content (AvgIpc) is 2.71. The molecule has 7 nitrogen and oxygen atoms in total. The van der Waals surface area contributed by atoms with Crippen molar-refractivity contribution in [2.75, 3.05) is 9.74 Å². The summed E-state index contributed by atoms with van der Waals surface area (Å²) in [4.78, 5) is 36.1. The number of carboxylic acids is 1. The molecule has 0 saturated carbocycles. The minimum Gasteiger partial charge on any atom is -0.508 e. The van der Waals surface area contributed by atoms with Crippen LogP contribution in [0.1, 0.15) is 10.4 Å². The normalized spacial score (nSPS) is 11.0. The topological polar surface area (TPSA) is 117 Å². The van der Waals surface area contributed by atoms with E-state index in [4.69, 9.17) is 4.42 Å². The zero-order valence-electron chi connectivity index (χ0n) is 15.3. The summed E-state index contributed by atoms with van der Waals surface area (Å²) in [6.45, 7) is 0. The van der Waals surface area contributed by atoms with E-state index in [1.807, 2.05) is 22.6 Å². The zero-order valence-corrected chi connectivity index (χ0v) is 17.5. The van der Waals surface area contributed by atoms with Crippen LogP contribution in [-0.2, 0) is 4.79 Å². The van der Waals surface area contributed by atoms with Crippen molar-refractivity contribution >= 4 is 51.1 Å². The molecule has 0 spiro atoms. The van der Waals surface area contributed by atoms with Crippen LogP contribution in [0.3, 0.4) is 0 Å². The summed E-state index contributed by atoms with van der Waals surface area (Å²) in [7, 11) is 0. The van der Waals surface area contributed by atoms with Crippen LogP contribution in [0.25, 0.3) is 33.4 Å². The van der Waals surface area contributed by atoms with Gasteiger partial charge in [0.2, 0.25) is 5.91 Å². The Kier molecular flexibility index (Phi) is 5.17.